The number of amides is 2. The molecule has 200 valence electrons. The van der Waals surface area contributed by atoms with Gasteiger partial charge in [-0.2, -0.15) is 0 Å². The molecule has 0 N–H and O–H groups in total. The Balaban J connectivity index is 1.31. The lowest BCUT2D eigenvalue weighted by atomic mass is 9.93. The fraction of sp³-hybridized carbons (Fsp3) is 0.344. The van der Waals surface area contributed by atoms with Crippen molar-refractivity contribution in [2.24, 2.45) is 0 Å². The van der Waals surface area contributed by atoms with Gasteiger partial charge in [0.15, 0.2) is 0 Å². The van der Waals surface area contributed by atoms with Crippen LogP contribution in [0.5, 0.6) is 0 Å². The molecule has 0 bridgehead atoms. The summed E-state index contributed by atoms with van der Waals surface area (Å²) < 4.78 is 3.01. The molecule has 7 heteroatoms. The summed E-state index contributed by atoms with van der Waals surface area (Å²) in [7, 11) is 0. The molecule has 1 aliphatic carbocycles. The van der Waals surface area contributed by atoms with E-state index in [2.05, 4.69) is 37.5 Å². The highest BCUT2D eigenvalue weighted by Gasteiger charge is 2.36. The molecule has 39 heavy (non-hydrogen) atoms. The fourth-order valence-electron chi connectivity index (χ4n) is 6.17. The average Bonchev–Trinajstić information content (AvgIpc) is 3.53. The number of halogens is 1. The highest BCUT2D eigenvalue weighted by atomic mass is 79.9. The van der Waals surface area contributed by atoms with E-state index in [0.29, 0.717) is 19.5 Å². The molecule has 1 saturated carbocycles. The Morgan fingerprint density at radius 3 is 2.51 bits per heavy atom. The molecule has 2 fully saturated rings. The number of benzene rings is 3. The number of hydrogen-bond acceptors (Lipinski definition) is 3. The van der Waals surface area contributed by atoms with Crippen LogP contribution in [-0.4, -0.2) is 38.9 Å². The van der Waals surface area contributed by atoms with Crippen molar-refractivity contribution in [2.45, 2.75) is 63.6 Å². The molecule has 3 aromatic carbocycles. The van der Waals surface area contributed by atoms with Gasteiger partial charge in [0.25, 0.3) is 0 Å². The number of carbonyl (C=O) groups is 2. The largest absolute Gasteiger partial charge is 0.334 e. The first-order valence-corrected chi connectivity index (χ1v) is 14.7. The van der Waals surface area contributed by atoms with Crippen molar-refractivity contribution in [3.63, 3.8) is 0 Å². The first-order chi connectivity index (χ1) is 19.1. The maximum Gasteiger partial charge on any atom is 0.243 e. The molecule has 6 nitrogen and oxygen atoms in total. The van der Waals surface area contributed by atoms with Crippen LogP contribution < -0.4 is 4.90 Å². The van der Waals surface area contributed by atoms with Gasteiger partial charge < -0.3 is 14.4 Å². The summed E-state index contributed by atoms with van der Waals surface area (Å²) in [6.45, 7) is 1.38. The molecule has 1 atom stereocenters. The zero-order chi connectivity index (χ0) is 26.8. The summed E-state index contributed by atoms with van der Waals surface area (Å²) in [5.41, 5.74) is 3.83. The molecule has 1 unspecified atom stereocenters. The minimum Gasteiger partial charge on any atom is -0.334 e. The van der Waals surface area contributed by atoms with Crippen LogP contribution in [0.3, 0.4) is 0 Å². The van der Waals surface area contributed by atoms with Crippen molar-refractivity contribution < 1.29 is 9.59 Å². The molecular weight excluding hydrogens is 552 g/mol. The van der Waals surface area contributed by atoms with E-state index >= 15 is 0 Å². The molecule has 0 spiro atoms. The molecule has 2 amide bonds. The van der Waals surface area contributed by atoms with Gasteiger partial charge in [-0.15, -0.1) is 0 Å². The summed E-state index contributed by atoms with van der Waals surface area (Å²) in [6, 6.07) is 26.4. The standard InChI is InChI=1S/C32H33BrN4O2/c33-25-12-9-15-27(19-25)36-21-24(18-30(36)38)32-34-28-16-7-8-17-29(28)37(32)22-31(39)35(26-13-5-2-6-14-26)20-23-10-3-1-4-11-23/h1,3-4,7-12,15-17,19,24,26H,2,5-6,13-14,18,20-22H2. The van der Waals surface area contributed by atoms with E-state index in [4.69, 9.17) is 4.98 Å². The van der Waals surface area contributed by atoms with Gasteiger partial charge in [0.1, 0.15) is 12.4 Å². The Morgan fingerprint density at radius 2 is 1.72 bits per heavy atom. The second-order valence-electron chi connectivity index (χ2n) is 10.7. The third-order valence-corrected chi connectivity index (χ3v) is 8.61. The lowest BCUT2D eigenvalue weighted by molar-refractivity contribution is -0.135. The van der Waals surface area contributed by atoms with Gasteiger partial charge in [0.2, 0.25) is 11.8 Å². The van der Waals surface area contributed by atoms with Gasteiger partial charge in [-0.25, -0.2) is 4.98 Å². The summed E-state index contributed by atoms with van der Waals surface area (Å²) in [4.78, 5) is 36.2. The molecule has 1 saturated heterocycles. The number of carbonyl (C=O) groups excluding carboxylic acids is 2. The Morgan fingerprint density at radius 1 is 0.949 bits per heavy atom. The molecule has 6 rings (SSSR count). The van der Waals surface area contributed by atoms with Crippen LogP contribution in [0.25, 0.3) is 11.0 Å². The summed E-state index contributed by atoms with van der Waals surface area (Å²) >= 11 is 3.52. The Labute approximate surface area is 237 Å². The highest BCUT2D eigenvalue weighted by Crippen LogP contribution is 2.34. The predicted octanol–water partition coefficient (Wildman–Crippen LogP) is 6.68. The van der Waals surface area contributed by atoms with Gasteiger partial charge in [-0.1, -0.05) is 83.7 Å². The predicted molar refractivity (Wildman–Crippen MR) is 157 cm³/mol. The third kappa shape index (κ3) is 5.50. The van der Waals surface area contributed by atoms with Crippen molar-refractivity contribution in [1.29, 1.82) is 0 Å². The molecule has 1 aromatic heterocycles. The second kappa shape index (κ2) is 11.3. The Hall–Kier alpha value is -3.45. The van der Waals surface area contributed by atoms with Gasteiger partial charge in [0, 0.05) is 41.6 Å². The molecule has 2 heterocycles. The van der Waals surface area contributed by atoms with Crippen molar-refractivity contribution in [1.82, 2.24) is 14.5 Å². The van der Waals surface area contributed by atoms with Crippen LogP contribution in [0.1, 0.15) is 55.8 Å². The van der Waals surface area contributed by atoms with Crippen molar-refractivity contribution in [2.75, 3.05) is 11.4 Å². The Kier molecular flexibility index (Phi) is 7.51. The van der Waals surface area contributed by atoms with E-state index < -0.39 is 0 Å². The number of anilines is 1. The smallest absolute Gasteiger partial charge is 0.243 e. The lowest BCUT2D eigenvalue weighted by Gasteiger charge is -2.35. The van der Waals surface area contributed by atoms with Crippen molar-refractivity contribution in [3.8, 4) is 0 Å². The van der Waals surface area contributed by atoms with E-state index in [0.717, 1.165) is 58.3 Å². The normalized spacial score (nSPS) is 18.1. The second-order valence-corrected chi connectivity index (χ2v) is 11.6. The minimum absolute atomic E-state index is 0.0796. The first kappa shape index (κ1) is 25.8. The van der Waals surface area contributed by atoms with Crippen LogP contribution >= 0.6 is 15.9 Å². The van der Waals surface area contributed by atoms with Crippen LogP contribution in [0, 0.1) is 0 Å². The topological polar surface area (TPSA) is 58.4 Å². The summed E-state index contributed by atoms with van der Waals surface area (Å²) in [5, 5.41) is 0. The molecule has 4 aromatic rings. The minimum atomic E-state index is -0.0889. The van der Waals surface area contributed by atoms with Crippen molar-refractivity contribution in [3.05, 3.63) is 94.7 Å². The number of aromatic nitrogens is 2. The van der Waals surface area contributed by atoms with E-state index in [9.17, 15) is 9.59 Å². The van der Waals surface area contributed by atoms with E-state index in [-0.39, 0.29) is 30.3 Å². The van der Waals surface area contributed by atoms with E-state index in [1.807, 2.05) is 71.6 Å². The number of nitrogens with zero attached hydrogens (tertiary/aromatic N) is 4. The van der Waals surface area contributed by atoms with E-state index in [1.54, 1.807) is 0 Å². The number of fused-ring (bicyclic) bond motifs is 1. The van der Waals surface area contributed by atoms with Gasteiger partial charge in [-0.3, -0.25) is 9.59 Å². The molecular formula is C32H33BrN4O2. The molecule has 1 aliphatic heterocycles. The average molecular weight is 586 g/mol. The van der Waals surface area contributed by atoms with Crippen LogP contribution in [0.15, 0.2) is 83.3 Å². The third-order valence-electron chi connectivity index (χ3n) is 8.12. The summed E-state index contributed by atoms with van der Waals surface area (Å²) in [5.74, 6) is 0.923. The number of hydrogen-bond donors (Lipinski definition) is 0. The van der Waals surface area contributed by atoms with Crippen molar-refractivity contribution >= 4 is 44.5 Å². The lowest BCUT2D eigenvalue weighted by Crippen LogP contribution is -2.42. The van der Waals surface area contributed by atoms with Crippen LogP contribution in [0.2, 0.25) is 0 Å². The van der Waals surface area contributed by atoms with Gasteiger partial charge >= 0.3 is 0 Å². The number of para-hydroxylation sites is 2. The number of rotatable bonds is 7. The van der Waals surface area contributed by atoms with Crippen LogP contribution in [0.4, 0.5) is 5.69 Å². The van der Waals surface area contributed by atoms with Crippen LogP contribution in [-0.2, 0) is 22.7 Å². The maximum absolute atomic E-state index is 14.1. The fourth-order valence-corrected chi connectivity index (χ4v) is 6.55. The summed E-state index contributed by atoms with van der Waals surface area (Å²) in [6.07, 6.45) is 6.05. The number of imidazole rings is 1. The highest BCUT2D eigenvalue weighted by molar-refractivity contribution is 9.10. The molecule has 2 aliphatic rings. The zero-order valence-electron chi connectivity index (χ0n) is 22.0. The van der Waals surface area contributed by atoms with Gasteiger partial charge in [0.05, 0.1) is 11.0 Å². The SMILES string of the molecule is O=C1CC(c2nc3ccccc3n2CC(=O)N(Cc2ccccc2)C2CCCCC2)CN1c1cccc(Br)c1. The monoisotopic (exact) mass is 584 g/mol. The van der Waals surface area contributed by atoms with Gasteiger partial charge in [-0.05, 0) is 48.7 Å². The maximum atomic E-state index is 14.1. The zero-order valence-corrected chi connectivity index (χ0v) is 23.6. The first-order valence-electron chi connectivity index (χ1n) is 13.9. The Bertz CT molecular complexity index is 1480. The molecule has 0 radical (unpaired) electrons. The quantitative estimate of drug-likeness (QED) is 0.243. The van der Waals surface area contributed by atoms with E-state index in [1.165, 1.54) is 6.42 Å².